The molecule has 0 saturated heterocycles. The van der Waals surface area contributed by atoms with Crippen LogP contribution in [-0.2, 0) is 0 Å². The Balaban J connectivity index is 1.46. The summed E-state index contributed by atoms with van der Waals surface area (Å²) < 4.78 is 0. The number of hydrogen-bond acceptors (Lipinski definition) is 0. The quantitative estimate of drug-likeness (QED) is 0.642. The molecule has 21 atom stereocenters. The average molecular weight is 286 g/mol. The maximum absolute atomic E-state index is 2.80. The van der Waals surface area contributed by atoms with Gasteiger partial charge in [-0.05, 0) is 123 Å². The van der Waals surface area contributed by atoms with Crippen LogP contribution in [-0.4, -0.2) is 0 Å². The first-order chi connectivity index (χ1) is 10.9. The summed E-state index contributed by atoms with van der Waals surface area (Å²) in [6, 6.07) is 0. The minimum absolute atomic E-state index is 1.01. The molecule has 13 rings (SSSR count). The average Bonchev–Trinajstić information content (AvgIpc) is 3.13. The van der Waals surface area contributed by atoms with Gasteiger partial charge in [-0.1, -0.05) is 6.92 Å². The van der Waals surface area contributed by atoms with Crippen LogP contribution >= 0.6 is 0 Å². The molecule has 0 aromatic carbocycles. The highest BCUT2D eigenvalue weighted by Gasteiger charge is 3.11. The van der Waals surface area contributed by atoms with E-state index in [2.05, 4.69) is 6.92 Å². The van der Waals surface area contributed by atoms with Crippen LogP contribution in [0.3, 0.4) is 0 Å². The van der Waals surface area contributed by atoms with Gasteiger partial charge in [0.25, 0.3) is 0 Å². The minimum atomic E-state index is 1.01. The molecule has 0 aromatic heterocycles. The van der Waals surface area contributed by atoms with Crippen LogP contribution < -0.4 is 0 Å². The molecule has 0 heterocycles. The zero-order chi connectivity index (χ0) is 13.0. The van der Waals surface area contributed by atoms with Crippen LogP contribution in [0.15, 0.2) is 0 Å². The summed E-state index contributed by atoms with van der Waals surface area (Å²) in [6.45, 7) is 2.80. The molecule has 13 aliphatic carbocycles. The SMILES string of the molecule is CC1C23[C@@H]4C5C6[C@@H]7C8C9[C@@H]%10C%11C([C@@H]2[C@@H]([C@@H]%118)[C@H]74)[C@H]2[C@H]%10[C@H]([C@H]96)[C@@H]5C123. The van der Waals surface area contributed by atoms with E-state index in [1.54, 1.807) is 0 Å². The Morgan fingerprint density at radius 2 is 0.636 bits per heavy atom. The van der Waals surface area contributed by atoms with E-state index in [4.69, 9.17) is 0 Å². The fourth-order valence-electron chi connectivity index (χ4n) is 17.6. The van der Waals surface area contributed by atoms with Gasteiger partial charge in [0.1, 0.15) is 0 Å². The van der Waals surface area contributed by atoms with Crippen molar-refractivity contribution in [2.24, 2.45) is 123 Å². The molecule has 0 N–H and O–H groups in total. The zero-order valence-corrected chi connectivity index (χ0v) is 13.0. The van der Waals surface area contributed by atoms with Gasteiger partial charge in [0, 0.05) is 0 Å². The van der Waals surface area contributed by atoms with Crippen molar-refractivity contribution in [3.8, 4) is 0 Å². The van der Waals surface area contributed by atoms with Gasteiger partial charge < -0.3 is 0 Å². The Bertz CT molecular complexity index is 695. The molecule has 0 aromatic rings. The van der Waals surface area contributed by atoms with E-state index in [0.717, 1.165) is 10.8 Å². The van der Waals surface area contributed by atoms with E-state index >= 15 is 0 Å². The first-order valence-electron chi connectivity index (χ1n) is 10.9. The second-order valence-electron chi connectivity index (χ2n) is 12.8. The van der Waals surface area contributed by atoms with Gasteiger partial charge in [-0.15, -0.1) is 0 Å². The first kappa shape index (κ1) is 8.91. The standard InChI is InChI=1S/C22H22/c1-2-21-17-11-5-3-4-7-9(5)15(17)19-13(7)14-8(4)10-6(3)12(11)18(21)16(10)20(14)22(2,19)21/h2-20H,1H3/t2?,3?,4?,5-,6-,7-,8+,9?,10?,11-,12+,13+,14+,15?,16?,17-,18+,19+,20+,21?,22?/m1/s1. The molecule has 13 aliphatic rings. The Kier molecular flexibility index (Phi) is 0.714. The molecule has 13 fully saturated rings. The Labute approximate surface area is 130 Å². The molecular formula is C22H22. The van der Waals surface area contributed by atoms with Gasteiger partial charge in [-0.2, -0.15) is 0 Å². The lowest BCUT2D eigenvalue weighted by atomic mass is 9.69. The third-order valence-electron chi connectivity index (χ3n) is 15.2. The molecule has 0 bridgehead atoms. The molecule has 22 heavy (non-hydrogen) atoms. The monoisotopic (exact) mass is 286 g/mol. The maximum Gasteiger partial charge on any atom is -0.0133 e. The molecule has 0 radical (unpaired) electrons. The number of hydrogen-bond donors (Lipinski definition) is 0. The lowest BCUT2D eigenvalue weighted by molar-refractivity contribution is 0.118. The lowest BCUT2D eigenvalue weighted by Gasteiger charge is -2.34. The van der Waals surface area contributed by atoms with Crippen LogP contribution in [0.25, 0.3) is 0 Å². The van der Waals surface area contributed by atoms with E-state index in [-0.39, 0.29) is 0 Å². The van der Waals surface area contributed by atoms with E-state index in [9.17, 15) is 0 Å². The largest absolute Gasteiger partial charge is 0.0614 e. The second-order valence-corrected chi connectivity index (χ2v) is 12.8. The fourth-order valence-corrected chi connectivity index (χ4v) is 17.6. The lowest BCUT2D eigenvalue weighted by Crippen LogP contribution is -2.31. The Morgan fingerprint density at radius 1 is 0.364 bits per heavy atom. The van der Waals surface area contributed by atoms with Crippen LogP contribution in [0.2, 0.25) is 0 Å². The van der Waals surface area contributed by atoms with Crippen LogP contribution in [0.1, 0.15) is 6.92 Å². The second kappa shape index (κ2) is 1.76. The normalized spacial score (nSPS) is 111. The molecule has 9 unspecified atom stereocenters. The highest BCUT2D eigenvalue weighted by molar-refractivity contribution is 5.57. The Morgan fingerprint density at radius 3 is 1.00 bits per heavy atom. The van der Waals surface area contributed by atoms with E-state index in [1.165, 1.54) is 112 Å². The van der Waals surface area contributed by atoms with E-state index < -0.39 is 0 Å². The number of rotatable bonds is 0. The van der Waals surface area contributed by atoms with Gasteiger partial charge in [-0.25, -0.2) is 0 Å². The van der Waals surface area contributed by atoms with Crippen molar-refractivity contribution >= 4 is 0 Å². The summed E-state index contributed by atoms with van der Waals surface area (Å²) in [5.74, 6) is 25.0. The Hall–Kier alpha value is 0. The highest BCUT2D eigenvalue weighted by atomic mass is 15.1. The van der Waals surface area contributed by atoms with Gasteiger partial charge >= 0.3 is 0 Å². The van der Waals surface area contributed by atoms with Crippen molar-refractivity contribution in [2.75, 3.05) is 0 Å². The van der Waals surface area contributed by atoms with Crippen molar-refractivity contribution in [3.63, 3.8) is 0 Å². The van der Waals surface area contributed by atoms with Gasteiger partial charge in [0.05, 0.1) is 0 Å². The highest BCUT2D eigenvalue weighted by Crippen LogP contribution is 3.13. The molecule has 110 valence electrons. The third-order valence-corrected chi connectivity index (χ3v) is 15.2. The van der Waals surface area contributed by atoms with Crippen molar-refractivity contribution < 1.29 is 0 Å². The van der Waals surface area contributed by atoms with Crippen molar-refractivity contribution in [3.05, 3.63) is 0 Å². The maximum atomic E-state index is 2.80. The van der Waals surface area contributed by atoms with E-state index in [1.807, 2.05) is 0 Å². The van der Waals surface area contributed by atoms with E-state index in [0.29, 0.717) is 0 Å². The predicted molar refractivity (Wildman–Crippen MR) is 76.9 cm³/mol. The van der Waals surface area contributed by atoms with Crippen molar-refractivity contribution in [1.29, 1.82) is 0 Å². The minimum Gasteiger partial charge on any atom is -0.0614 e. The molecule has 0 aliphatic heterocycles. The smallest absolute Gasteiger partial charge is 0.0133 e. The molecule has 13 saturated carbocycles. The van der Waals surface area contributed by atoms with Crippen LogP contribution in [0.5, 0.6) is 0 Å². The zero-order valence-electron chi connectivity index (χ0n) is 13.0. The summed E-state index contributed by atoms with van der Waals surface area (Å²) in [4.78, 5) is 0. The summed E-state index contributed by atoms with van der Waals surface area (Å²) in [5.41, 5.74) is 2.01. The molecular weight excluding hydrogens is 264 g/mol. The summed E-state index contributed by atoms with van der Waals surface area (Å²) in [5, 5.41) is 0. The van der Waals surface area contributed by atoms with Crippen LogP contribution in [0.4, 0.5) is 0 Å². The van der Waals surface area contributed by atoms with Gasteiger partial charge in [0.15, 0.2) is 0 Å². The van der Waals surface area contributed by atoms with Crippen molar-refractivity contribution in [2.45, 2.75) is 6.92 Å². The van der Waals surface area contributed by atoms with Gasteiger partial charge in [0.2, 0.25) is 0 Å². The molecule has 2 spiro atoms. The fraction of sp³-hybridized carbons (Fsp3) is 1.00. The van der Waals surface area contributed by atoms with Crippen molar-refractivity contribution in [1.82, 2.24) is 0 Å². The summed E-state index contributed by atoms with van der Waals surface area (Å²) >= 11 is 0. The molecule has 0 heteroatoms. The molecule has 0 amide bonds. The molecule has 0 nitrogen and oxygen atoms in total. The summed E-state index contributed by atoms with van der Waals surface area (Å²) in [6.07, 6.45) is 0. The van der Waals surface area contributed by atoms with Crippen LogP contribution in [0, 0.1) is 123 Å². The third kappa shape index (κ3) is 0.353. The predicted octanol–water partition coefficient (Wildman–Crippen LogP) is 2.85. The van der Waals surface area contributed by atoms with Gasteiger partial charge in [-0.3, -0.25) is 0 Å². The topological polar surface area (TPSA) is 0 Å². The summed E-state index contributed by atoms with van der Waals surface area (Å²) in [7, 11) is 0. The first-order valence-corrected chi connectivity index (χ1v) is 10.9.